The summed E-state index contributed by atoms with van der Waals surface area (Å²) in [7, 11) is 0. The Morgan fingerprint density at radius 3 is 2.52 bits per heavy atom. The van der Waals surface area contributed by atoms with Gasteiger partial charge in [0.15, 0.2) is 0 Å². The van der Waals surface area contributed by atoms with Gasteiger partial charge in [-0.15, -0.1) is 0 Å². The summed E-state index contributed by atoms with van der Waals surface area (Å²) < 4.78 is 23.7. The lowest BCUT2D eigenvalue weighted by Gasteiger charge is -2.09. The maximum atomic E-state index is 12.9. The largest absolute Gasteiger partial charge is 0.493 e. The molecule has 0 bridgehead atoms. The fourth-order valence-electron chi connectivity index (χ4n) is 1.80. The molecule has 0 aliphatic carbocycles. The number of rotatable bonds is 8. The Kier molecular flexibility index (Phi) is 6.69. The van der Waals surface area contributed by atoms with Gasteiger partial charge < -0.3 is 14.8 Å². The molecule has 1 N–H and O–H groups in total. The van der Waals surface area contributed by atoms with E-state index in [1.165, 1.54) is 12.1 Å². The SMILES string of the molecule is O=C(CCOc1cccc(F)c1)NCCOc1ccc(Cl)cc1. The minimum Gasteiger partial charge on any atom is -0.493 e. The Bertz CT molecular complexity index is 634. The summed E-state index contributed by atoms with van der Waals surface area (Å²) in [4.78, 5) is 11.6. The molecule has 0 unspecified atom stereocenters. The van der Waals surface area contributed by atoms with Crippen molar-refractivity contribution in [2.45, 2.75) is 6.42 Å². The zero-order chi connectivity index (χ0) is 16.5. The molecule has 0 aromatic heterocycles. The first kappa shape index (κ1) is 17.1. The minimum absolute atomic E-state index is 0.152. The highest BCUT2D eigenvalue weighted by molar-refractivity contribution is 6.30. The molecule has 0 aliphatic heterocycles. The normalized spacial score (nSPS) is 10.2. The van der Waals surface area contributed by atoms with E-state index in [9.17, 15) is 9.18 Å². The summed E-state index contributed by atoms with van der Waals surface area (Å²) >= 11 is 5.77. The molecular formula is C17H17ClFNO3. The van der Waals surface area contributed by atoms with Crippen LogP contribution < -0.4 is 14.8 Å². The standard InChI is InChI=1S/C17H17ClFNO3/c18-13-4-6-15(7-5-13)23-11-9-20-17(21)8-10-22-16-3-1-2-14(19)12-16/h1-7,12H,8-11H2,(H,20,21). The number of hydrogen-bond donors (Lipinski definition) is 1. The van der Waals surface area contributed by atoms with E-state index in [1.54, 1.807) is 36.4 Å². The third-order valence-electron chi connectivity index (χ3n) is 2.90. The van der Waals surface area contributed by atoms with Crippen molar-refractivity contribution in [2.75, 3.05) is 19.8 Å². The molecule has 0 atom stereocenters. The topological polar surface area (TPSA) is 47.6 Å². The van der Waals surface area contributed by atoms with Gasteiger partial charge in [0.25, 0.3) is 0 Å². The van der Waals surface area contributed by atoms with E-state index in [0.717, 1.165) is 0 Å². The van der Waals surface area contributed by atoms with Crippen LogP contribution in [0.4, 0.5) is 4.39 Å². The second-order valence-corrected chi connectivity index (χ2v) is 5.14. The number of hydrogen-bond acceptors (Lipinski definition) is 3. The van der Waals surface area contributed by atoms with Crippen molar-refractivity contribution in [3.8, 4) is 11.5 Å². The summed E-state index contributed by atoms with van der Waals surface area (Å²) in [5, 5.41) is 3.36. The molecule has 2 rings (SSSR count). The van der Waals surface area contributed by atoms with E-state index in [2.05, 4.69) is 5.32 Å². The van der Waals surface area contributed by atoms with Crippen molar-refractivity contribution < 1.29 is 18.7 Å². The number of halogens is 2. The van der Waals surface area contributed by atoms with E-state index >= 15 is 0 Å². The van der Waals surface area contributed by atoms with E-state index < -0.39 is 0 Å². The van der Waals surface area contributed by atoms with Gasteiger partial charge in [-0.05, 0) is 36.4 Å². The third kappa shape index (κ3) is 6.57. The lowest BCUT2D eigenvalue weighted by molar-refractivity contribution is -0.121. The van der Waals surface area contributed by atoms with Gasteiger partial charge in [-0.1, -0.05) is 17.7 Å². The summed E-state index contributed by atoms with van der Waals surface area (Å²) in [6, 6.07) is 12.8. The van der Waals surface area contributed by atoms with Crippen molar-refractivity contribution >= 4 is 17.5 Å². The van der Waals surface area contributed by atoms with Gasteiger partial charge >= 0.3 is 0 Å². The van der Waals surface area contributed by atoms with Crippen LogP contribution in [0.25, 0.3) is 0 Å². The Balaban J connectivity index is 1.57. The smallest absolute Gasteiger partial charge is 0.223 e. The molecule has 122 valence electrons. The highest BCUT2D eigenvalue weighted by Gasteiger charge is 2.02. The lowest BCUT2D eigenvalue weighted by atomic mass is 10.3. The molecule has 0 fully saturated rings. The second kappa shape index (κ2) is 9.00. The van der Waals surface area contributed by atoms with Crippen LogP contribution in [-0.2, 0) is 4.79 Å². The number of amides is 1. The number of ether oxygens (including phenoxy) is 2. The molecule has 0 aliphatic rings. The first-order valence-corrected chi connectivity index (χ1v) is 7.55. The average Bonchev–Trinajstić information content (AvgIpc) is 2.53. The van der Waals surface area contributed by atoms with Crippen molar-refractivity contribution in [1.82, 2.24) is 5.32 Å². The van der Waals surface area contributed by atoms with Gasteiger partial charge in [-0.2, -0.15) is 0 Å². The summed E-state index contributed by atoms with van der Waals surface area (Å²) in [6.07, 6.45) is 0.192. The van der Waals surface area contributed by atoms with Crippen LogP contribution >= 0.6 is 11.6 Å². The molecule has 0 heterocycles. The molecule has 0 saturated carbocycles. The molecule has 2 aromatic carbocycles. The molecule has 4 nitrogen and oxygen atoms in total. The van der Waals surface area contributed by atoms with Gasteiger partial charge in [-0.25, -0.2) is 4.39 Å². The van der Waals surface area contributed by atoms with Gasteiger partial charge in [0.05, 0.1) is 19.6 Å². The van der Waals surface area contributed by atoms with Crippen LogP contribution in [-0.4, -0.2) is 25.7 Å². The minimum atomic E-state index is -0.369. The summed E-state index contributed by atoms with van der Waals surface area (Å²) in [6.45, 7) is 0.937. The molecule has 0 radical (unpaired) electrons. The predicted molar refractivity (Wildman–Crippen MR) is 86.5 cm³/mol. The Hall–Kier alpha value is -2.27. The van der Waals surface area contributed by atoms with Gasteiger partial charge in [0, 0.05) is 11.1 Å². The van der Waals surface area contributed by atoms with E-state index in [-0.39, 0.29) is 24.8 Å². The second-order valence-electron chi connectivity index (χ2n) is 4.71. The maximum absolute atomic E-state index is 12.9. The number of carbonyl (C=O) groups is 1. The third-order valence-corrected chi connectivity index (χ3v) is 3.15. The summed E-state index contributed by atoms with van der Waals surface area (Å²) in [5.41, 5.74) is 0. The van der Waals surface area contributed by atoms with Crippen molar-refractivity contribution in [3.05, 3.63) is 59.4 Å². The molecule has 0 spiro atoms. The highest BCUT2D eigenvalue weighted by Crippen LogP contribution is 2.15. The fraction of sp³-hybridized carbons (Fsp3) is 0.235. The van der Waals surface area contributed by atoms with Crippen molar-refractivity contribution in [2.24, 2.45) is 0 Å². The van der Waals surface area contributed by atoms with Crippen LogP contribution in [0.1, 0.15) is 6.42 Å². The predicted octanol–water partition coefficient (Wildman–Crippen LogP) is 3.44. The molecule has 2 aromatic rings. The van der Waals surface area contributed by atoms with Crippen LogP contribution in [0.5, 0.6) is 11.5 Å². The Morgan fingerprint density at radius 1 is 1.04 bits per heavy atom. The van der Waals surface area contributed by atoms with Crippen molar-refractivity contribution in [1.29, 1.82) is 0 Å². The molecule has 1 amide bonds. The molecule has 23 heavy (non-hydrogen) atoms. The van der Waals surface area contributed by atoms with Crippen LogP contribution in [0.15, 0.2) is 48.5 Å². The Morgan fingerprint density at radius 2 is 1.78 bits per heavy atom. The molecule has 0 saturated heterocycles. The van der Waals surface area contributed by atoms with E-state index in [1.807, 2.05) is 0 Å². The monoisotopic (exact) mass is 337 g/mol. The van der Waals surface area contributed by atoms with Crippen LogP contribution in [0.2, 0.25) is 5.02 Å². The summed E-state index contributed by atoms with van der Waals surface area (Å²) in [5.74, 6) is 0.578. The van der Waals surface area contributed by atoms with Gasteiger partial charge in [0.1, 0.15) is 23.9 Å². The molecular weight excluding hydrogens is 321 g/mol. The van der Waals surface area contributed by atoms with E-state index in [4.69, 9.17) is 21.1 Å². The lowest BCUT2D eigenvalue weighted by Crippen LogP contribution is -2.29. The van der Waals surface area contributed by atoms with Gasteiger partial charge in [0.2, 0.25) is 5.91 Å². The van der Waals surface area contributed by atoms with Crippen LogP contribution in [0.3, 0.4) is 0 Å². The number of carbonyl (C=O) groups excluding carboxylic acids is 1. The maximum Gasteiger partial charge on any atom is 0.223 e. The van der Waals surface area contributed by atoms with Crippen molar-refractivity contribution in [3.63, 3.8) is 0 Å². The molecule has 6 heteroatoms. The Labute approximate surface area is 139 Å². The first-order valence-electron chi connectivity index (χ1n) is 7.17. The zero-order valence-corrected chi connectivity index (χ0v) is 13.2. The average molecular weight is 338 g/mol. The highest BCUT2D eigenvalue weighted by atomic mass is 35.5. The number of benzene rings is 2. The van der Waals surface area contributed by atoms with Gasteiger partial charge in [-0.3, -0.25) is 4.79 Å². The number of nitrogens with one attached hydrogen (secondary N) is 1. The zero-order valence-electron chi connectivity index (χ0n) is 12.4. The first-order chi connectivity index (χ1) is 11.1. The fourth-order valence-corrected chi connectivity index (χ4v) is 1.92. The quantitative estimate of drug-likeness (QED) is 0.751. The van der Waals surface area contributed by atoms with E-state index in [0.29, 0.717) is 29.7 Å². The van der Waals surface area contributed by atoms with Crippen LogP contribution in [0, 0.1) is 5.82 Å².